The molecule has 0 fully saturated rings. The number of nitro benzene ring substituents is 1. The molecule has 9 nitrogen and oxygen atoms in total. The van der Waals surface area contributed by atoms with Gasteiger partial charge in [-0.25, -0.2) is 8.42 Å². The average Bonchev–Trinajstić information content (AvgIpc) is 2.83. The highest BCUT2D eigenvalue weighted by Crippen LogP contribution is 2.32. The van der Waals surface area contributed by atoms with Crippen molar-refractivity contribution in [2.75, 3.05) is 22.8 Å². The third-order valence-corrected chi connectivity index (χ3v) is 7.45. The van der Waals surface area contributed by atoms with Gasteiger partial charge < -0.3 is 10.1 Å². The molecule has 176 valence electrons. The first-order valence-electron chi connectivity index (χ1n) is 10.6. The smallest absolute Gasteiger partial charge is 0.274 e. The summed E-state index contributed by atoms with van der Waals surface area (Å²) in [4.78, 5) is 22.9. The van der Waals surface area contributed by atoms with Crippen molar-refractivity contribution >= 4 is 33.0 Å². The minimum absolute atomic E-state index is 0.0909. The number of carbonyl (C=O) groups excluding carboxylic acids is 1. The van der Waals surface area contributed by atoms with Crippen LogP contribution in [0.2, 0.25) is 0 Å². The topological polar surface area (TPSA) is 119 Å². The van der Waals surface area contributed by atoms with Crippen molar-refractivity contribution < 1.29 is 22.9 Å². The van der Waals surface area contributed by atoms with Crippen LogP contribution in [0.15, 0.2) is 71.6 Å². The standard InChI is InChI=1S/C24H23N3O6S/c1-17-21(8-4-10-22(17)27(29)30)25-24(28)16-33-19-11-13-20(14-12-19)34(31,32)26-15-5-7-18-6-2-3-9-23(18)26/h2-4,6,8-14H,5,7,15-16H2,1H3,(H,25,28). The van der Waals surface area contributed by atoms with Gasteiger partial charge in [0.05, 0.1) is 26.8 Å². The second-order valence-corrected chi connectivity index (χ2v) is 9.69. The number of rotatable bonds is 7. The zero-order chi connectivity index (χ0) is 24.3. The Bertz CT molecular complexity index is 1340. The summed E-state index contributed by atoms with van der Waals surface area (Å²) in [6.07, 6.45) is 1.59. The van der Waals surface area contributed by atoms with E-state index < -0.39 is 20.9 Å². The number of hydrogen-bond donors (Lipinski definition) is 1. The molecule has 4 rings (SSSR count). The highest BCUT2D eigenvalue weighted by Gasteiger charge is 2.28. The van der Waals surface area contributed by atoms with E-state index in [-0.39, 0.29) is 17.2 Å². The second-order valence-electron chi connectivity index (χ2n) is 7.82. The van der Waals surface area contributed by atoms with Gasteiger partial charge in [-0.3, -0.25) is 19.2 Å². The number of nitro groups is 1. The van der Waals surface area contributed by atoms with Crippen molar-refractivity contribution in [3.8, 4) is 5.75 Å². The lowest BCUT2D eigenvalue weighted by atomic mass is 10.0. The minimum atomic E-state index is -3.74. The van der Waals surface area contributed by atoms with E-state index in [4.69, 9.17) is 4.74 Å². The number of carbonyl (C=O) groups is 1. The molecule has 0 saturated heterocycles. The van der Waals surface area contributed by atoms with E-state index in [1.807, 2.05) is 24.3 Å². The molecule has 1 aliphatic rings. The lowest BCUT2D eigenvalue weighted by molar-refractivity contribution is -0.385. The van der Waals surface area contributed by atoms with Crippen molar-refractivity contribution in [3.63, 3.8) is 0 Å². The lowest BCUT2D eigenvalue weighted by Crippen LogP contribution is -2.35. The number of nitrogens with one attached hydrogen (secondary N) is 1. The molecule has 34 heavy (non-hydrogen) atoms. The molecule has 3 aromatic rings. The van der Waals surface area contributed by atoms with Gasteiger partial charge in [-0.1, -0.05) is 24.3 Å². The van der Waals surface area contributed by atoms with Crippen molar-refractivity contribution in [1.29, 1.82) is 0 Å². The third kappa shape index (κ3) is 4.72. The molecule has 0 bridgehead atoms. The summed E-state index contributed by atoms with van der Waals surface area (Å²) in [7, 11) is -3.74. The number of para-hydroxylation sites is 1. The average molecular weight is 482 g/mol. The highest BCUT2D eigenvalue weighted by atomic mass is 32.2. The van der Waals surface area contributed by atoms with Crippen LogP contribution in [-0.4, -0.2) is 32.4 Å². The largest absolute Gasteiger partial charge is 0.484 e. The van der Waals surface area contributed by atoms with Crippen LogP contribution < -0.4 is 14.4 Å². The Morgan fingerprint density at radius 1 is 1.09 bits per heavy atom. The molecule has 0 atom stereocenters. The number of nitrogens with zero attached hydrogens (tertiary/aromatic N) is 2. The van der Waals surface area contributed by atoms with Gasteiger partial charge in [-0.2, -0.15) is 0 Å². The third-order valence-electron chi connectivity index (χ3n) is 5.63. The van der Waals surface area contributed by atoms with Crippen LogP contribution in [0.3, 0.4) is 0 Å². The van der Waals surface area contributed by atoms with Gasteiger partial charge in [0.25, 0.3) is 21.6 Å². The lowest BCUT2D eigenvalue weighted by Gasteiger charge is -2.30. The summed E-state index contributed by atoms with van der Waals surface area (Å²) in [5, 5.41) is 13.6. The van der Waals surface area contributed by atoms with Gasteiger partial charge in [0.15, 0.2) is 6.61 Å². The van der Waals surface area contributed by atoms with Gasteiger partial charge >= 0.3 is 0 Å². The molecule has 1 N–H and O–H groups in total. The quantitative estimate of drug-likeness (QED) is 0.401. The van der Waals surface area contributed by atoms with E-state index in [1.54, 1.807) is 13.0 Å². The molecule has 0 aromatic heterocycles. The number of amides is 1. The van der Waals surface area contributed by atoms with Crippen LogP contribution in [0.4, 0.5) is 17.1 Å². The number of fused-ring (bicyclic) bond motifs is 1. The van der Waals surface area contributed by atoms with Gasteiger partial charge in [0.2, 0.25) is 0 Å². The maximum Gasteiger partial charge on any atom is 0.274 e. The molecule has 1 aliphatic heterocycles. The molecule has 1 amide bonds. The number of hydrogen-bond acceptors (Lipinski definition) is 6. The highest BCUT2D eigenvalue weighted by molar-refractivity contribution is 7.92. The van der Waals surface area contributed by atoms with Crippen LogP contribution in [-0.2, 0) is 21.2 Å². The number of aryl methyl sites for hydroxylation is 1. The van der Waals surface area contributed by atoms with E-state index in [0.717, 1.165) is 18.4 Å². The maximum atomic E-state index is 13.2. The van der Waals surface area contributed by atoms with E-state index in [9.17, 15) is 23.3 Å². The first-order chi connectivity index (χ1) is 16.3. The van der Waals surface area contributed by atoms with Crippen molar-refractivity contribution in [2.45, 2.75) is 24.7 Å². The van der Waals surface area contributed by atoms with Gasteiger partial charge in [0.1, 0.15) is 5.75 Å². The summed E-state index contributed by atoms with van der Waals surface area (Å²) in [6, 6.07) is 17.8. The summed E-state index contributed by atoms with van der Waals surface area (Å²) >= 11 is 0. The zero-order valence-electron chi connectivity index (χ0n) is 18.4. The van der Waals surface area contributed by atoms with Crippen molar-refractivity contribution in [1.82, 2.24) is 0 Å². The monoisotopic (exact) mass is 481 g/mol. The number of sulfonamides is 1. The maximum absolute atomic E-state index is 13.2. The molecule has 10 heteroatoms. The minimum Gasteiger partial charge on any atom is -0.484 e. The second kappa shape index (κ2) is 9.52. The van der Waals surface area contributed by atoms with Crippen LogP contribution in [0, 0.1) is 17.0 Å². The van der Waals surface area contributed by atoms with Gasteiger partial charge in [0, 0.05) is 12.6 Å². The summed E-state index contributed by atoms with van der Waals surface area (Å²) in [5.41, 5.74) is 2.28. The Balaban J connectivity index is 1.41. The molecular formula is C24H23N3O6S. The summed E-state index contributed by atoms with van der Waals surface area (Å²) in [6.45, 7) is 1.62. The molecule has 0 saturated carbocycles. The fraction of sp³-hybridized carbons (Fsp3) is 0.208. The molecule has 1 heterocycles. The molecule has 3 aromatic carbocycles. The SMILES string of the molecule is Cc1c(NC(=O)COc2ccc(S(=O)(=O)N3CCCc4ccccc43)cc2)cccc1[N+](=O)[O-]. The Kier molecular flexibility index (Phi) is 6.51. The van der Waals surface area contributed by atoms with E-state index in [2.05, 4.69) is 5.32 Å². The Hall–Kier alpha value is -3.92. The van der Waals surface area contributed by atoms with E-state index in [1.165, 1.54) is 40.7 Å². The summed E-state index contributed by atoms with van der Waals surface area (Å²) in [5.74, 6) is -0.172. The zero-order valence-corrected chi connectivity index (χ0v) is 19.2. The predicted molar refractivity (Wildman–Crippen MR) is 128 cm³/mol. The molecule has 0 unspecified atom stereocenters. The van der Waals surface area contributed by atoms with Crippen LogP contribution >= 0.6 is 0 Å². The Labute approximate surface area is 197 Å². The number of benzene rings is 3. The first kappa shape index (κ1) is 23.2. The van der Waals surface area contributed by atoms with Crippen LogP contribution in [0.1, 0.15) is 17.5 Å². The van der Waals surface area contributed by atoms with Gasteiger partial charge in [-0.15, -0.1) is 0 Å². The molecule has 0 spiro atoms. The Morgan fingerprint density at radius 2 is 1.82 bits per heavy atom. The Morgan fingerprint density at radius 3 is 2.56 bits per heavy atom. The number of anilines is 2. The van der Waals surface area contributed by atoms with Gasteiger partial charge in [-0.05, 0) is 61.7 Å². The fourth-order valence-corrected chi connectivity index (χ4v) is 5.42. The van der Waals surface area contributed by atoms with E-state index in [0.29, 0.717) is 29.2 Å². The van der Waals surface area contributed by atoms with E-state index >= 15 is 0 Å². The normalized spacial score (nSPS) is 13.1. The van der Waals surface area contributed by atoms with Crippen LogP contribution in [0.5, 0.6) is 5.75 Å². The van der Waals surface area contributed by atoms with Crippen LogP contribution in [0.25, 0.3) is 0 Å². The number of ether oxygens (including phenoxy) is 1. The fourth-order valence-electron chi connectivity index (χ4n) is 3.88. The molecule has 0 radical (unpaired) electrons. The van der Waals surface area contributed by atoms with Crippen molar-refractivity contribution in [3.05, 3.63) is 88.0 Å². The predicted octanol–water partition coefficient (Wildman–Crippen LogP) is 4.06. The molecule has 0 aliphatic carbocycles. The molecular weight excluding hydrogens is 458 g/mol. The van der Waals surface area contributed by atoms with Crippen molar-refractivity contribution in [2.24, 2.45) is 0 Å². The summed E-state index contributed by atoms with van der Waals surface area (Å²) < 4.78 is 33.3. The first-order valence-corrected chi connectivity index (χ1v) is 12.1.